The summed E-state index contributed by atoms with van der Waals surface area (Å²) in [6.07, 6.45) is 0.784. The number of benzene rings is 1. The molecule has 1 unspecified atom stereocenters. The molecular weight excluding hydrogens is 375 g/mol. The molecule has 1 saturated heterocycles. The van der Waals surface area contributed by atoms with Crippen LogP contribution in [-0.2, 0) is 6.54 Å². The second kappa shape index (κ2) is 10.3. The summed E-state index contributed by atoms with van der Waals surface area (Å²) in [5, 5.41) is 13.5. The normalized spacial score (nSPS) is 16.7. The molecule has 2 aromatic rings. The minimum atomic E-state index is -0.759. The fourth-order valence-corrected chi connectivity index (χ4v) is 3.35. The zero-order valence-corrected chi connectivity index (χ0v) is 17.0. The number of methoxy groups -OCH3 is 1. The lowest BCUT2D eigenvalue weighted by molar-refractivity contribution is 0.155. The second-order valence-electron chi connectivity index (χ2n) is 6.96. The molecule has 29 heavy (non-hydrogen) atoms. The lowest BCUT2D eigenvalue weighted by Crippen LogP contribution is -2.52. The summed E-state index contributed by atoms with van der Waals surface area (Å²) in [5.41, 5.74) is 0.930. The lowest BCUT2D eigenvalue weighted by Gasteiger charge is -2.36. The standard InChI is InChI=1S/C21H29FN4O3/c1-3-23-21(24-14-18(27)20-5-4-12-29-20)26-10-8-25(9-11-26)15-16-6-7-19(28-2)17(22)13-16/h4-7,12-13,18,27H,3,8-11,14-15H2,1-2H3,(H,23,24). The minimum absolute atomic E-state index is 0.237. The Balaban J connectivity index is 1.54. The van der Waals surface area contributed by atoms with Crippen LogP contribution < -0.4 is 10.1 Å². The van der Waals surface area contributed by atoms with Gasteiger partial charge in [-0.05, 0) is 36.8 Å². The van der Waals surface area contributed by atoms with Gasteiger partial charge in [0.2, 0.25) is 0 Å². The molecule has 1 atom stereocenters. The van der Waals surface area contributed by atoms with Crippen LogP contribution >= 0.6 is 0 Å². The van der Waals surface area contributed by atoms with E-state index in [4.69, 9.17) is 9.15 Å². The number of aliphatic hydroxyl groups excluding tert-OH is 1. The van der Waals surface area contributed by atoms with E-state index in [1.807, 2.05) is 13.0 Å². The van der Waals surface area contributed by atoms with Crippen molar-refractivity contribution in [3.8, 4) is 5.75 Å². The molecule has 0 aliphatic carbocycles. The Morgan fingerprint density at radius 1 is 1.31 bits per heavy atom. The van der Waals surface area contributed by atoms with Gasteiger partial charge in [-0.2, -0.15) is 0 Å². The molecule has 8 heteroatoms. The Morgan fingerprint density at radius 3 is 2.72 bits per heavy atom. The highest BCUT2D eigenvalue weighted by Gasteiger charge is 2.20. The Labute approximate surface area is 170 Å². The van der Waals surface area contributed by atoms with E-state index in [9.17, 15) is 9.50 Å². The van der Waals surface area contributed by atoms with Crippen LogP contribution in [0.4, 0.5) is 4.39 Å². The van der Waals surface area contributed by atoms with Crippen molar-refractivity contribution >= 4 is 5.96 Å². The molecular formula is C21H29FN4O3. The molecule has 0 radical (unpaired) electrons. The monoisotopic (exact) mass is 404 g/mol. The topological polar surface area (TPSA) is 73.5 Å². The van der Waals surface area contributed by atoms with Crippen molar-refractivity contribution in [1.29, 1.82) is 0 Å². The van der Waals surface area contributed by atoms with Gasteiger partial charge in [0, 0.05) is 39.3 Å². The first-order valence-corrected chi connectivity index (χ1v) is 9.90. The summed E-state index contributed by atoms with van der Waals surface area (Å²) >= 11 is 0. The summed E-state index contributed by atoms with van der Waals surface area (Å²) in [4.78, 5) is 9.05. The maximum Gasteiger partial charge on any atom is 0.194 e. The molecule has 1 aliphatic heterocycles. The van der Waals surface area contributed by atoms with Crippen molar-refractivity contribution in [2.75, 3.05) is 46.4 Å². The number of piperazine rings is 1. The first-order chi connectivity index (χ1) is 14.1. The molecule has 1 aromatic carbocycles. The third-order valence-corrected chi connectivity index (χ3v) is 4.91. The third-order valence-electron chi connectivity index (χ3n) is 4.91. The van der Waals surface area contributed by atoms with Crippen molar-refractivity contribution in [3.05, 3.63) is 53.7 Å². The van der Waals surface area contributed by atoms with E-state index in [1.54, 1.807) is 24.5 Å². The highest BCUT2D eigenvalue weighted by molar-refractivity contribution is 5.80. The van der Waals surface area contributed by atoms with Crippen molar-refractivity contribution in [1.82, 2.24) is 15.1 Å². The second-order valence-corrected chi connectivity index (χ2v) is 6.96. The highest BCUT2D eigenvalue weighted by atomic mass is 19.1. The molecule has 7 nitrogen and oxygen atoms in total. The first kappa shape index (κ1) is 21.1. The minimum Gasteiger partial charge on any atom is -0.494 e. The van der Waals surface area contributed by atoms with Crippen molar-refractivity contribution in [2.24, 2.45) is 4.99 Å². The van der Waals surface area contributed by atoms with Gasteiger partial charge in [0.15, 0.2) is 17.5 Å². The lowest BCUT2D eigenvalue weighted by atomic mass is 10.2. The summed E-state index contributed by atoms with van der Waals surface area (Å²) in [5.74, 6) is 1.23. The first-order valence-electron chi connectivity index (χ1n) is 9.90. The van der Waals surface area contributed by atoms with Crippen LogP contribution in [0.25, 0.3) is 0 Å². The number of aliphatic imine (C=N–C) groups is 1. The van der Waals surface area contributed by atoms with Crippen LogP contribution in [0.2, 0.25) is 0 Å². The number of hydrogen-bond donors (Lipinski definition) is 2. The van der Waals surface area contributed by atoms with Gasteiger partial charge in [-0.3, -0.25) is 4.90 Å². The van der Waals surface area contributed by atoms with E-state index >= 15 is 0 Å². The molecule has 1 aliphatic rings. The largest absolute Gasteiger partial charge is 0.494 e. The van der Waals surface area contributed by atoms with E-state index in [1.165, 1.54) is 13.2 Å². The van der Waals surface area contributed by atoms with Gasteiger partial charge in [0.25, 0.3) is 0 Å². The Hall–Kier alpha value is -2.58. The molecule has 2 N–H and O–H groups in total. The van der Waals surface area contributed by atoms with E-state index in [0.29, 0.717) is 12.3 Å². The van der Waals surface area contributed by atoms with Crippen LogP contribution in [0.1, 0.15) is 24.4 Å². The van der Waals surface area contributed by atoms with Crippen molar-refractivity contribution in [3.63, 3.8) is 0 Å². The number of furan rings is 1. The summed E-state index contributed by atoms with van der Waals surface area (Å²) in [7, 11) is 1.47. The van der Waals surface area contributed by atoms with Gasteiger partial charge in [0.1, 0.15) is 11.9 Å². The van der Waals surface area contributed by atoms with Crippen LogP contribution in [0.15, 0.2) is 46.0 Å². The molecule has 0 saturated carbocycles. The summed E-state index contributed by atoms with van der Waals surface area (Å²) in [6.45, 7) is 7.01. The number of rotatable bonds is 7. The molecule has 3 rings (SSSR count). The van der Waals surface area contributed by atoms with Crippen LogP contribution in [0.3, 0.4) is 0 Å². The molecule has 0 amide bonds. The average molecular weight is 404 g/mol. The van der Waals surface area contributed by atoms with Crippen molar-refractivity contribution in [2.45, 2.75) is 19.6 Å². The van der Waals surface area contributed by atoms with Crippen molar-refractivity contribution < 1.29 is 18.7 Å². The fourth-order valence-electron chi connectivity index (χ4n) is 3.35. The Morgan fingerprint density at radius 2 is 2.10 bits per heavy atom. The maximum absolute atomic E-state index is 13.9. The van der Waals surface area contributed by atoms with Crippen LogP contribution in [0.5, 0.6) is 5.75 Å². The smallest absolute Gasteiger partial charge is 0.194 e. The number of hydrogen-bond acceptors (Lipinski definition) is 5. The van der Waals surface area contributed by atoms with Gasteiger partial charge in [-0.25, -0.2) is 9.38 Å². The number of nitrogens with one attached hydrogen (secondary N) is 1. The number of guanidine groups is 1. The number of aliphatic hydroxyl groups is 1. The predicted molar refractivity (Wildman–Crippen MR) is 109 cm³/mol. The fraction of sp³-hybridized carbons (Fsp3) is 0.476. The van der Waals surface area contributed by atoms with Gasteiger partial charge >= 0.3 is 0 Å². The SMILES string of the molecule is CCNC(=NCC(O)c1ccco1)N1CCN(Cc2ccc(OC)c(F)c2)CC1. The average Bonchev–Trinajstić information content (AvgIpc) is 3.27. The maximum atomic E-state index is 13.9. The zero-order valence-electron chi connectivity index (χ0n) is 17.0. The van der Waals surface area contributed by atoms with Crippen LogP contribution in [0, 0.1) is 5.82 Å². The van der Waals surface area contributed by atoms with Gasteiger partial charge in [-0.1, -0.05) is 6.07 Å². The molecule has 1 fully saturated rings. The zero-order chi connectivity index (χ0) is 20.6. The third kappa shape index (κ3) is 5.71. The number of halogens is 1. The summed E-state index contributed by atoms with van der Waals surface area (Å²) in [6, 6.07) is 8.60. The summed E-state index contributed by atoms with van der Waals surface area (Å²) < 4.78 is 24.1. The number of nitrogens with zero attached hydrogens (tertiary/aromatic N) is 3. The molecule has 0 spiro atoms. The highest BCUT2D eigenvalue weighted by Crippen LogP contribution is 2.19. The van der Waals surface area contributed by atoms with Gasteiger partial charge in [-0.15, -0.1) is 0 Å². The predicted octanol–water partition coefficient (Wildman–Crippen LogP) is 2.24. The Bertz CT molecular complexity index is 789. The molecule has 0 bridgehead atoms. The van der Waals surface area contributed by atoms with E-state index in [-0.39, 0.29) is 18.1 Å². The number of ether oxygens (including phenoxy) is 1. The molecule has 1 aromatic heterocycles. The van der Waals surface area contributed by atoms with E-state index < -0.39 is 6.10 Å². The van der Waals surface area contributed by atoms with E-state index in [2.05, 4.69) is 20.1 Å². The molecule has 2 heterocycles. The van der Waals surface area contributed by atoms with Gasteiger partial charge in [0.05, 0.1) is 19.9 Å². The van der Waals surface area contributed by atoms with Crippen LogP contribution in [-0.4, -0.2) is 67.2 Å². The van der Waals surface area contributed by atoms with E-state index in [0.717, 1.165) is 44.2 Å². The molecule has 158 valence electrons. The van der Waals surface area contributed by atoms with Gasteiger partial charge < -0.3 is 24.5 Å². The Kier molecular flexibility index (Phi) is 7.48. The quantitative estimate of drug-likeness (QED) is 0.545.